The molecule has 1 aromatic rings. The summed E-state index contributed by atoms with van der Waals surface area (Å²) in [6.45, 7) is 3.92. The maximum atomic E-state index is 13.5. The number of amides is 1. The summed E-state index contributed by atoms with van der Waals surface area (Å²) in [6.07, 6.45) is 4.76. The van der Waals surface area contributed by atoms with Crippen LogP contribution in [0.25, 0.3) is 0 Å². The lowest BCUT2D eigenvalue weighted by atomic mass is 9.84. The SMILES string of the molecule is C[C@H]1CN([C@@H](C)CO)S(=O)(=O)c2ccc(C#CC3CC3)cc2O[C@@H]1CN(C)C(=O)C1CCC1. The average molecular weight is 475 g/mol. The molecule has 180 valence electrons. The standard InChI is InChI=1S/C25H34N2O5S/c1-17-14-27(18(2)16-28)33(30,31)24-12-11-20(10-9-19-7-8-19)13-22(24)32-23(17)15-26(3)25(29)21-5-4-6-21/h11-13,17-19,21,23,28H,4-8,14-16H2,1-3H3/t17-,18-,23+/m0/s1. The smallest absolute Gasteiger partial charge is 0.247 e. The molecule has 3 atom stereocenters. The van der Waals surface area contributed by atoms with E-state index >= 15 is 0 Å². The Kier molecular flexibility index (Phi) is 7.04. The Bertz CT molecular complexity index is 1050. The molecule has 2 saturated carbocycles. The Morgan fingerprint density at radius 2 is 2.03 bits per heavy atom. The number of aliphatic hydroxyl groups is 1. The number of fused-ring (bicyclic) bond motifs is 1. The number of hydrogen-bond acceptors (Lipinski definition) is 5. The van der Waals surface area contributed by atoms with E-state index in [4.69, 9.17) is 4.74 Å². The third-order valence-electron chi connectivity index (χ3n) is 6.95. The Morgan fingerprint density at radius 3 is 2.64 bits per heavy atom. The van der Waals surface area contributed by atoms with Crippen LogP contribution in [0.1, 0.15) is 51.5 Å². The van der Waals surface area contributed by atoms with Crippen LogP contribution >= 0.6 is 0 Å². The first kappa shape index (κ1) is 24.1. The minimum Gasteiger partial charge on any atom is -0.487 e. The van der Waals surface area contributed by atoms with Crippen LogP contribution in [0.15, 0.2) is 23.1 Å². The molecule has 1 heterocycles. The highest BCUT2D eigenvalue weighted by molar-refractivity contribution is 7.89. The fourth-order valence-corrected chi connectivity index (χ4v) is 6.09. The molecule has 7 nitrogen and oxygen atoms in total. The summed E-state index contributed by atoms with van der Waals surface area (Å²) in [5.74, 6) is 7.04. The van der Waals surface area contributed by atoms with Crippen molar-refractivity contribution in [1.82, 2.24) is 9.21 Å². The van der Waals surface area contributed by atoms with E-state index in [1.165, 1.54) is 4.31 Å². The van der Waals surface area contributed by atoms with E-state index in [1.807, 2.05) is 6.92 Å². The summed E-state index contributed by atoms with van der Waals surface area (Å²) in [5.41, 5.74) is 0.712. The number of aliphatic hydroxyl groups excluding tert-OH is 1. The van der Waals surface area contributed by atoms with Crippen LogP contribution in [0.3, 0.4) is 0 Å². The molecular weight excluding hydrogens is 440 g/mol. The van der Waals surface area contributed by atoms with Gasteiger partial charge in [0, 0.05) is 43.0 Å². The molecule has 0 aromatic heterocycles. The number of ether oxygens (including phenoxy) is 1. The molecule has 0 unspecified atom stereocenters. The molecular formula is C25H34N2O5S. The van der Waals surface area contributed by atoms with Gasteiger partial charge in [0.25, 0.3) is 0 Å². The first-order chi connectivity index (χ1) is 15.7. The van der Waals surface area contributed by atoms with Gasteiger partial charge in [-0.25, -0.2) is 8.42 Å². The summed E-state index contributed by atoms with van der Waals surface area (Å²) < 4.78 is 34.7. The summed E-state index contributed by atoms with van der Waals surface area (Å²) in [5, 5.41) is 9.76. The third-order valence-corrected chi connectivity index (χ3v) is 8.97. The van der Waals surface area contributed by atoms with E-state index in [0.29, 0.717) is 18.0 Å². The van der Waals surface area contributed by atoms with E-state index < -0.39 is 22.2 Å². The van der Waals surface area contributed by atoms with E-state index in [2.05, 4.69) is 11.8 Å². The zero-order valence-corrected chi connectivity index (χ0v) is 20.5. The number of rotatable bonds is 5. The lowest BCUT2D eigenvalue weighted by Gasteiger charge is -2.38. The van der Waals surface area contributed by atoms with E-state index in [0.717, 1.165) is 32.1 Å². The van der Waals surface area contributed by atoms with Crippen LogP contribution in [0, 0.1) is 29.6 Å². The normalized spacial score (nSPS) is 25.8. The van der Waals surface area contributed by atoms with Gasteiger partial charge < -0.3 is 14.7 Å². The lowest BCUT2D eigenvalue weighted by molar-refractivity contribution is -0.138. The lowest BCUT2D eigenvalue weighted by Crippen LogP contribution is -2.50. The molecule has 0 radical (unpaired) electrons. The van der Waals surface area contributed by atoms with Crippen molar-refractivity contribution in [2.75, 3.05) is 26.7 Å². The molecule has 3 aliphatic rings. The highest BCUT2D eigenvalue weighted by Gasteiger charge is 2.39. The first-order valence-corrected chi connectivity index (χ1v) is 13.3. The Hall–Kier alpha value is -2.08. The topological polar surface area (TPSA) is 87.2 Å². The predicted molar refractivity (Wildman–Crippen MR) is 125 cm³/mol. The van der Waals surface area contributed by atoms with Crippen molar-refractivity contribution in [2.45, 2.75) is 63.0 Å². The van der Waals surface area contributed by atoms with E-state index in [1.54, 1.807) is 37.1 Å². The predicted octanol–water partition coefficient (Wildman–Crippen LogP) is 2.48. The minimum absolute atomic E-state index is 0.0737. The van der Waals surface area contributed by atoms with Crippen LogP contribution in [0.4, 0.5) is 0 Å². The van der Waals surface area contributed by atoms with Crippen LogP contribution in [-0.2, 0) is 14.8 Å². The average Bonchev–Trinajstić information content (AvgIpc) is 3.57. The van der Waals surface area contributed by atoms with Gasteiger partial charge in [-0.15, -0.1) is 0 Å². The van der Waals surface area contributed by atoms with Crippen molar-refractivity contribution in [3.05, 3.63) is 23.8 Å². The summed E-state index contributed by atoms with van der Waals surface area (Å²) in [7, 11) is -2.09. The molecule has 2 fully saturated rings. The van der Waals surface area contributed by atoms with Crippen molar-refractivity contribution in [2.24, 2.45) is 17.8 Å². The van der Waals surface area contributed by atoms with Crippen molar-refractivity contribution >= 4 is 15.9 Å². The third kappa shape index (κ3) is 5.21. The van der Waals surface area contributed by atoms with Crippen LogP contribution in [0.5, 0.6) is 5.75 Å². The van der Waals surface area contributed by atoms with Gasteiger partial charge in [0.2, 0.25) is 15.9 Å². The largest absolute Gasteiger partial charge is 0.487 e. The second kappa shape index (κ2) is 9.65. The Morgan fingerprint density at radius 1 is 1.30 bits per heavy atom. The van der Waals surface area contributed by atoms with Crippen molar-refractivity contribution in [1.29, 1.82) is 0 Å². The van der Waals surface area contributed by atoms with Gasteiger partial charge in [0.15, 0.2) is 0 Å². The van der Waals surface area contributed by atoms with Crippen LogP contribution in [0.2, 0.25) is 0 Å². The van der Waals surface area contributed by atoms with E-state index in [9.17, 15) is 18.3 Å². The van der Waals surface area contributed by atoms with Gasteiger partial charge >= 0.3 is 0 Å². The van der Waals surface area contributed by atoms with Crippen molar-refractivity contribution in [3.8, 4) is 17.6 Å². The molecule has 1 aliphatic heterocycles. The van der Waals surface area contributed by atoms with Crippen molar-refractivity contribution in [3.63, 3.8) is 0 Å². The molecule has 33 heavy (non-hydrogen) atoms. The molecule has 0 bridgehead atoms. The van der Waals surface area contributed by atoms with Crippen LogP contribution < -0.4 is 4.74 Å². The van der Waals surface area contributed by atoms with E-state index in [-0.39, 0.29) is 41.5 Å². The number of nitrogens with zero attached hydrogens (tertiary/aromatic N) is 2. The van der Waals surface area contributed by atoms with Gasteiger partial charge in [0.1, 0.15) is 16.7 Å². The second-order valence-electron chi connectivity index (χ2n) is 9.79. The number of carbonyl (C=O) groups excluding carboxylic acids is 1. The molecule has 0 spiro atoms. The monoisotopic (exact) mass is 474 g/mol. The first-order valence-electron chi connectivity index (χ1n) is 11.9. The molecule has 4 rings (SSSR count). The van der Waals surface area contributed by atoms with Crippen LogP contribution in [-0.4, -0.2) is 67.5 Å². The van der Waals surface area contributed by atoms with Gasteiger partial charge in [-0.1, -0.05) is 25.2 Å². The molecule has 1 N–H and O–H groups in total. The maximum absolute atomic E-state index is 13.5. The zero-order chi connectivity index (χ0) is 23.8. The fourth-order valence-electron chi connectivity index (χ4n) is 4.26. The molecule has 1 amide bonds. The van der Waals surface area contributed by atoms with Gasteiger partial charge in [0.05, 0.1) is 13.2 Å². The number of likely N-dealkylation sites (N-methyl/N-ethyl adjacent to an activating group) is 1. The molecule has 1 aromatic carbocycles. The summed E-state index contributed by atoms with van der Waals surface area (Å²) >= 11 is 0. The molecule has 0 saturated heterocycles. The summed E-state index contributed by atoms with van der Waals surface area (Å²) in [4.78, 5) is 14.5. The minimum atomic E-state index is -3.88. The quantitative estimate of drug-likeness (QED) is 0.663. The highest BCUT2D eigenvalue weighted by Crippen LogP contribution is 2.35. The van der Waals surface area contributed by atoms with Crippen molar-refractivity contribution < 1.29 is 23.1 Å². The number of hydrogen-bond donors (Lipinski definition) is 1. The molecule has 8 heteroatoms. The fraction of sp³-hybridized carbons (Fsp3) is 0.640. The Labute approximate surface area is 197 Å². The zero-order valence-electron chi connectivity index (χ0n) is 19.7. The highest BCUT2D eigenvalue weighted by atomic mass is 32.2. The van der Waals surface area contributed by atoms with Gasteiger partial charge in [-0.05, 0) is 50.8 Å². The Balaban J connectivity index is 1.68. The summed E-state index contributed by atoms with van der Waals surface area (Å²) in [6, 6.07) is 4.38. The molecule has 2 aliphatic carbocycles. The van der Waals surface area contributed by atoms with Gasteiger partial charge in [-0.3, -0.25) is 4.79 Å². The number of benzene rings is 1. The number of carbonyl (C=O) groups is 1. The maximum Gasteiger partial charge on any atom is 0.247 e. The number of sulfonamides is 1. The second-order valence-corrected chi connectivity index (χ2v) is 11.7. The van der Waals surface area contributed by atoms with Gasteiger partial charge in [-0.2, -0.15) is 4.31 Å².